The van der Waals surface area contributed by atoms with Gasteiger partial charge >= 0.3 is 0 Å². The highest BCUT2D eigenvalue weighted by molar-refractivity contribution is 7.91. The lowest BCUT2D eigenvalue weighted by molar-refractivity contribution is 0.112. The summed E-state index contributed by atoms with van der Waals surface area (Å²) >= 11 is 1.01. The minimum Gasteiger partial charge on any atom is -0.497 e. The molecule has 0 saturated carbocycles. The third-order valence-corrected chi connectivity index (χ3v) is 5.07. The van der Waals surface area contributed by atoms with Crippen molar-refractivity contribution in [2.45, 2.75) is 4.21 Å². The summed E-state index contributed by atoms with van der Waals surface area (Å²) < 4.78 is 27.7. The number of primary sulfonamides is 1. The SMILES string of the molecule is COc1ccc(C=O)c(-c2ccc(S(N)(=O)=O)s2)c1. The highest BCUT2D eigenvalue weighted by Crippen LogP contribution is 2.34. The number of hydrogen-bond acceptors (Lipinski definition) is 5. The van der Waals surface area contributed by atoms with Gasteiger partial charge in [0, 0.05) is 16.0 Å². The van der Waals surface area contributed by atoms with Crippen molar-refractivity contribution in [3.63, 3.8) is 0 Å². The Kier molecular flexibility index (Phi) is 3.70. The first-order valence-electron chi connectivity index (χ1n) is 5.22. The number of rotatable bonds is 4. The molecular weight excluding hydrogens is 286 g/mol. The Hall–Kier alpha value is -1.70. The van der Waals surface area contributed by atoms with Gasteiger partial charge in [0.05, 0.1) is 7.11 Å². The molecule has 5 nitrogen and oxygen atoms in total. The van der Waals surface area contributed by atoms with Crippen molar-refractivity contribution in [3.05, 3.63) is 35.9 Å². The van der Waals surface area contributed by atoms with Crippen molar-refractivity contribution in [1.29, 1.82) is 0 Å². The van der Waals surface area contributed by atoms with Crippen molar-refractivity contribution >= 4 is 27.6 Å². The smallest absolute Gasteiger partial charge is 0.247 e. The van der Waals surface area contributed by atoms with Gasteiger partial charge < -0.3 is 4.74 Å². The van der Waals surface area contributed by atoms with Gasteiger partial charge in [0.15, 0.2) is 6.29 Å². The molecule has 0 aliphatic heterocycles. The Balaban J connectivity index is 2.57. The predicted octanol–water partition coefficient (Wildman–Crippen LogP) is 1.88. The van der Waals surface area contributed by atoms with Gasteiger partial charge in [-0.3, -0.25) is 4.79 Å². The van der Waals surface area contributed by atoms with Crippen molar-refractivity contribution < 1.29 is 17.9 Å². The highest BCUT2D eigenvalue weighted by atomic mass is 32.2. The normalized spacial score (nSPS) is 11.3. The zero-order valence-corrected chi connectivity index (χ0v) is 11.6. The van der Waals surface area contributed by atoms with Crippen LogP contribution in [-0.4, -0.2) is 21.8 Å². The molecule has 7 heteroatoms. The molecule has 2 N–H and O–H groups in total. The van der Waals surface area contributed by atoms with E-state index in [4.69, 9.17) is 9.88 Å². The van der Waals surface area contributed by atoms with Crippen LogP contribution >= 0.6 is 11.3 Å². The summed E-state index contributed by atoms with van der Waals surface area (Å²) in [5, 5.41) is 5.06. The van der Waals surface area contributed by atoms with Gasteiger partial charge in [-0.05, 0) is 30.3 Å². The van der Waals surface area contributed by atoms with Crippen LogP contribution in [0, 0.1) is 0 Å². The number of methoxy groups -OCH3 is 1. The van der Waals surface area contributed by atoms with Crippen LogP contribution in [0.15, 0.2) is 34.5 Å². The molecule has 1 heterocycles. The molecular formula is C12H11NO4S2. The zero-order valence-electron chi connectivity index (χ0n) is 9.99. The summed E-state index contributed by atoms with van der Waals surface area (Å²) in [6.07, 6.45) is 0.713. The number of nitrogens with two attached hydrogens (primary N) is 1. The maximum atomic E-state index is 11.2. The Bertz CT molecular complexity index is 719. The number of carbonyl (C=O) groups is 1. The second-order valence-corrected chi connectivity index (χ2v) is 6.61. The van der Waals surface area contributed by atoms with Crippen LogP contribution in [-0.2, 0) is 10.0 Å². The molecule has 1 aromatic heterocycles. The van der Waals surface area contributed by atoms with E-state index in [0.717, 1.165) is 11.3 Å². The van der Waals surface area contributed by atoms with E-state index in [-0.39, 0.29) is 4.21 Å². The lowest BCUT2D eigenvalue weighted by atomic mass is 10.1. The maximum Gasteiger partial charge on any atom is 0.247 e. The van der Waals surface area contributed by atoms with Gasteiger partial charge in [0.2, 0.25) is 10.0 Å². The van der Waals surface area contributed by atoms with Gasteiger partial charge in [-0.2, -0.15) is 0 Å². The lowest BCUT2D eigenvalue weighted by Crippen LogP contribution is -2.09. The van der Waals surface area contributed by atoms with Crippen LogP contribution in [0.1, 0.15) is 10.4 Å². The number of ether oxygens (including phenoxy) is 1. The monoisotopic (exact) mass is 297 g/mol. The summed E-state index contributed by atoms with van der Waals surface area (Å²) in [6.45, 7) is 0. The van der Waals surface area contributed by atoms with Crippen molar-refractivity contribution in [2.24, 2.45) is 5.14 Å². The minimum absolute atomic E-state index is 0.0576. The molecule has 0 spiro atoms. The number of benzene rings is 1. The first-order chi connectivity index (χ1) is 8.95. The lowest BCUT2D eigenvalue weighted by Gasteiger charge is -2.05. The molecule has 0 atom stereocenters. The molecule has 19 heavy (non-hydrogen) atoms. The van der Waals surface area contributed by atoms with Crippen molar-refractivity contribution in [1.82, 2.24) is 0 Å². The van der Waals surface area contributed by atoms with Crippen LogP contribution in [0.2, 0.25) is 0 Å². The third kappa shape index (κ3) is 2.83. The van der Waals surface area contributed by atoms with Crippen molar-refractivity contribution in [3.8, 4) is 16.2 Å². The Labute approximate surface area is 114 Å². The molecule has 0 amide bonds. The molecule has 0 aliphatic rings. The largest absolute Gasteiger partial charge is 0.497 e. The van der Waals surface area contributed by atoms with E-state index < -0.39 is 10.0 Å². The van der Waals surface area contributed by atoms with E-state index in [2.05, 4.69) is 0 Å². The molecule has 0 saturated heterocycles. The molecule has 0 bridgehead atoms. The van der Waals surface area contributed by atoms with E-state index in [1.807, 2.05) is 0 Å². The summed E-state index contributed by atoms with van der Waals surface area (Å²) in [5.41, 5.74) is 1.08. The maximum absolute atomic E-state index is 11.2. The molecule has 1 aromatic carbocycles. The van der Waals surface area contributed by atoms with Gasteiger partial charge in [0.25, 0.3) is 0 Å². The highest BCUT2D eigenvalue weighted by Gasteiger charge is 2.14. The van der Waals surface area contributed by atoms with Gasteiger partial charge in [-0.1, -0.05) is 0 Å². The summed E-state index contributed by atoms with van der Waals surface area (Å²) in [6, 6.07) is 8.01. The number of thiophene rings is 1. The molecule has 0 aliphatic carbocycles. The second kappa shape index (κ2) is 5.12. The quantitative estimate of drug-likeness (QED) is 0.873. The van der Waals surface area contributed by atoms with E-state index in [1.165, 1.54) is 13.2 Å². The fourth-order valence-corrected chi connectivity index (χ4v) is 3.36. The van der Waals surface area contributed by atoms with Crippen LogP contribution in [0.3, 0.4) is 0 Å². The topological polar surface area (TPSA) is 86.5 Å². The predicted molar refractivity (Wildman–Crippen MR) is 73.1 cm³/mol. The fraction of sp³-hybridized carbons (Fsp3) is 0.0833. The van der Waals surface area contributed by atoms with Gasteiger partial charge in [-0.15, -0.1) is 11.3 Å². The number of hydrogen-bond donors (Lipinski definition) is 1. The molecule has 0 unspecified atom stereocenters. The minimum atomic E-state index is -3.73. The van der Waals surface area contributed by atoms with Gasteiger partial charge in [0.1, 0.15) is 9.96 Å². The number of carbonyl (C=O) groups excluding carboxylic acids is 1. The van der Waals surface area contributed by atoms with Crippen LogP contribution in [0.5, 0.6) is 5.75 Å². The summed E-state index contributed by atoms with van der Waals surface area (Å²) in [5.74, 6) is 0.589. The molecule has 0 radical (unpaired) electrons. The van der Waals surface area contributed by atoms with Crippen LogP contribution in [0.25, 0.3) is 10.4 Å². The zero-order chi connectivity index (χ0) is 14.0. The molecule has 0 fully saturated rings. The molecule has 2 rings (SSSR count). The first-order valence-corrected chi connectivity index (χ1v) is 7.58. The average molecular weight is 297 g/mol. The summed E-state index contributed by atoms with van der Waals surface area (Å²) in [4.78, 5) is 11.7. The number of aldehydes is 1. The Morgan fingerprint density at radius 1 is 1.26 bits per heavy atom. The number of sulfonamides is 1. The van der Waals surface area contributed by atoms with Gasteiger partial charge in [-0.25, -0.2) is 13.6 Å². The average Bonchev–Trinajstić information content (AvgIpc) is 2.87. The van der Waals surface area contributed by atoms with E-state index in [1.54, 1.807) is 24.3 Å². The van der Waals surface area contributed by atoms with E-state index in [0.29, 0.717) is 28.0 Å². The van der Waals surface area contributed by atoms with Crippen molar-refractivity contribution in [2.75, 3.05) is 7.11 Å². The summed E-state index contributed by atoms with van der Waals surface area (Å²) in [7, 11) is -2.21. The van der Waals surface area contributed by atoms with E-state index >= 15 is 0 Å². The van der Waals surface area contributed by atoms with Crippen LogP contribution < -0.4 is 9.88 Å². The van der Waals surface area contributed by atoms with E-state index in [9.17, 15) is 13.2 Å². The fourth-order valence-electron chi connectivity index (χ4n) is 1.60. The third-order valence-electron chi connectivity index (χ3n) is 2.51. The molecule has 100 valence electrons. The second-order valence-electron chi connectivity index (χ2n) is 3.73. The Morgan fingerprint density at radius 3 is 2.53 bits per heavy atom. The van der Waals surface area contributed by atoms with Crippen LogP contribution in [0.4, 0.5) is 0 Å². The molecule has 2 aromatic rings. The standard InChI is InChI=1S/C12H11NO4S2/c1-17-9-3-2-8(7-14)10(6-9)11-4-5-12(18-11)19(13,15)16/h2-7H,1H3,(H2,13,15,16). The Morgan fingerprint density at radius 2 is 2.00 bits per heavy atom. The first kappa shape index (κ1) is 13.7.